The van der Waals surface area contributed by atoms with Gasteiger partial charge in [-0.15, -0.1) is 0 Å². The fourth-order valence-electron chi connectivity index (χ4n) is 2.90. The number of ether oxygens (including phenoxy) is 1. The van der Waals surface area contributed by atoms with E-state index < -0.39 is 0 Å². The Kier molecular flexibility index (Phi) is 6.77. The lowest BCUT2D eigenvalue weighted by Gasteiger charge is -2.15. The molecule has 2 rings (SSSR count). The van der Waals surface area contributed by atoms with Crippen molar-refractivity contribution in [2.75, 3.05) is 13.2 Å². The topological polar surface area (TPSA) is 63.5 Å². The van der Waals surface area contributed by atoms with E-state index in [1.165, 1.54) is 25.7 Å². The smallest absolute Gasteiger partial charge is 0.315 e. The average molecular weight is 308 g/mol. The molecule has 1 aliphatic carbocycles. The zero-order valence-electron chi connectivity index (χ0n) is 13.7. The number of hydrogen-bond donors (Lipinski definition) is 2. The predicted octanol–water partition coefficient (Wildman–Crippen LogP) is 3.44. The SMILES string of the molecule is Cc1cc(CNC(=O)NCCOC2CCCCCC2)c(C)o1. The Morgan fingerprint density at radius 3 is 2.59 bits per heavy atom. The number of amides is 2. The first-order valence-electron chi connectivity index (χ1n) is 8.34. The van der Waals surface area contributed by atoms with Gasteiger partial charge in [-0.3, -0.25) is 0 Å². The summed E-state index contributed by atoms with van der Waals surface area (Å²) in [4.78, 5) is 11.7. The maximum atomic E-state index is 11.7. The summed E-state index contributed by atoms with van der Waals surface area (Å²) in [5.74, 6) is 1.72. The fourth-order valence-corrected chi connectivity index (χ4v) is 2.90. The third-order valence-electron chi connectivity index (χ3n) is 4.13. The highest BCUT2D eigenvalue weighted by Crippen LogP contribution is 2.19. The molecule has 0 radical (unpaired) electrons. The quantitative estimate of drug-likeness (QED) is 0.625. The van der Waals surface area contributed by atoms with Crippen LogP contribution in [-0.4, -0.2) is 25.3 Å². The number of carbonyl (C=O) groups is 1. The average Bonchev–Trinajstić information content (AvgIpc) is 2.69. The Morgan fingerprint density at radius 1 is 1.23 bits per heavy atom. The van der Waals surface area contributed by atoms with Gasteiger partial charge in [0.1, 0.15) is 11.5 Å². The van der Waals surface area contributed by atoms with Crippen LogP contribution >= 0.6 is 0 Å². The third kappa shape index (κ3) is 5.72. The Morgan fingerprint density at radius 2 is 1.95 bits per heavy atom. The second kappa shape index (κ2) is 8.83. The number of carbonyl (C=O) groups excluding carboxylic acids is 1. The van der Waals surface area contributed by atoms with E-state index in [4.69, 9.17) is 9.15 Å². The summed E-state index contributed by atoms with van der Waals surface area (Å²) in [5, 5.41) is 5.66. The summed E-state index contributed by atoms with van der Waals surface area (Å²) < 4.78 is 11.3. The molecule has 1 fully saturated rings. The summed E-state index contributed by atoms with van der Waals surface area (Å²) in [6.45, 7) is 5.43. The van der Waals surface area contributed by atoms with Crippen LogP contribution in [0.25, 0.3) is 0 Å². The second-order valence-corrected chi connectivity index (χ2v) is 6.03. The summed E-state index contributed by atoms with van der Waals surface area (Å²) >= 11 is 0. The zero-order valence-corrected chi connectivity index (χ0v) is 13.7. The molecule has 0 unspecified atom stereocenters. The van der Waals surface area contributed by atoms with Crippen LogP contribution in [0.5, 0.6) is 0 Å². The van der Waals surface area contributed by atoms with E-state index in [0.717, 1.165) is 29.9 Å². The van der Waals surface area contributed by atoms with Crippen molar-refractivity contribution in [3.63, 3.8) is 0 Å². The molecule has 124 valence electrons. The van der Waals surface area contributed by atoms with Gasteiger partial charge in [-0.2, -0.15) is 0 Å². The predicted molar refractivity (Wildman–Crippen MR) is 85.9 cm³/mol. The van der Waals surface area contributed by atoms with E-state index in [1.54, 1.807) is 0 Å². The van der Waals surface area contributed by atoms with Crippen molar-refractivity contribution in [3.05, 3.63) is 23.2 Å². The zero-order chi connectivity index (χ0) is 15.8. The Labute approximate surface area is 132 Å². The second-order valence-electron chi connectivity index (χ2n) is 6.03. The largest absolute Gasteiger partial charge is 0.466 e. The van der Waals surface area contributed by atoms with Gasteiger partial charge in [0, 0.05) is 18.7 Å². The molecule has 22 heavy (non-hydrogen) atoms. The molecule has 1 heterocycles. The highest BCUT2D eigenvalue weighted by Gasteiger charge is 2.12. The molecular weight excluding hydrogens is 280 g/mol. The maximum Gasteiger partial charge on any atom is 0.315 e. The van der Waals surface area contributed by atoms with E-state index in [2.05, 4.69) is 10.6 Å². The van der Waals surface area contributed by atoms with E-state index in [0.29, 0.717) is 25.8 Å². The van der Waals surface area contributed by atoms with Gasteiger partial charge in [0.25, 0.3) is 0 Å². The van der Waals surface area contributed by atoms with Crippen LogP contribution in [0.2, 0.25) is 0 Å². The van der Waals surface area contributed by atoms with Crippen LogP contribution in [0.3, 0.4) is 0 Å². The lowest BCUT2D eigenvalue weighted by molar-refractivity contribution is 0.0460. The molecule has 5 nitrogen and oxygen atoms in total. The molecule has 1 aromatic heterocycles. The highest BCUT2D eigenvalue weighted by atomic mass is 16.5. The van der Waals surface area contributed by atoms with Crippen LogP contribution in [0.15, 0.2) is 10.5 Å². The van der Waals surface area contributed by atoms with Crippen molar-refractivity contribution in [2.45, 2.75) is 65.0 Å². The number of urea groups is 1. The van der Waals surface area contributed by atoms with Crippen LogP contribution in [0.4, 0.5) is 4.79 Å². The van der Waals surface area contributed by atoms with Crippen molar-refractivity contribution in [1.29, 1.82) is 0 Å². The first-order valence-corrected chi connectivity index (χ1v) is 8.34. The molecule has 0 saturated heterocycles. The molecule has 5 heteroatoms. The van der Waals surface area contributed by atoms with Gasteiger partial charge in [0.15, 0.2) is 0 Å². The molecule has 2 amide bonds. The summed E-state index contributed by atoms with van der Waals surface area (Å²) in [6, 6.07) is 1.79. The molecule has 0 spiro atoms. The van der Waals surface area contributed by atoms with Gasteiger partial charge in [0.05, 0.1) is 12.7 Å². The van der Waals surface area contributed by atoms with Crippen molar-refractivity contribution < 1.29 is 13.9 Å². The number of furan rings is 1. The summed E-state index contributed by atoms with van der Waals surface area (Å²) in [6.07, 6.45) is 7.88. The molecule has 1 aliphatic rings. The minimum absolute atomic E-state index is 0.164. The fraction of sp³-hybridized carbons (Fsp3) is 0.706. The third-order valence-corrected chi connectivity index (χ3v) is 4.13. The van der Waals surface area contributed by atoms with E-state index in [1.807, 2.05) is 19.9 Å². The first kappa shape index (κ1) is 16.9. The van der Waals surface area contributed by atoms with E-state index in [-0.39, 0.29) is 6.03 Å². The van der Waals surface area contributed by atoms with Gasteiger partial charge in [-0.05, 0) is 32.8 Å². The maximum absolute atomic E-state index is 11.7. The number of hydrogen-bond acceptors (Lipinski definition) is 3. The van der Waals surface area contributed by atoms with Gasteiger partial charge in [-0.1, -0.05) is 25.7 Å². The van der Waals surface area contributed by atoms with Crippen molar-refractivity contribution in [3.8, 4) is 0 Å². The van der Waals surface area contributed by atoms with Crippen LogP contribution in [0.1, 0.15) is 55.6 Å². The van der Waals surface area contributed by atoms with Crippen molar-refractivity contribution in [2.24, 2.45) is 0 Å². The lowest BCUT2D eigenvalue weighted by Crippen LogP contribution is -2.37. The van der Waals surface area contributed by atoms with Gasteiger partial charge < -0.3 is 19.8 Å². The number of rotatable bonds is 6. The molecule has 1 aromatic rings. The molecule has 0 aliphatic heterocycles. The summed E-state index contributed by atoms with van der Waals surface area (Å²) in [7, 11) is 0. The van der Waals surface area contributed by atoms with E-state index in [9.17, 15) is 4.79 Å². The normalized spacial score (nSPS) is 16.3. The monoisotopic (exact) mass is 308 g/mol. The van der Waals surface area contributed by atoms with Crippen molar-refractivity contribution in [1.82, 2.24) is 10.6 Å². The van der Waals surface area contributed by atoms with Crippen LogP contribution in [-0.2, 0) is 11.3 Å². The summed E-state index contributed by atoms with van der Waals surface area (Å²) in [5.41, 5.74) is 1.02. The Hall–Kier alpha value is -1.49. The molecular formula is C17H28N2O3. The first-order chi connectivity index (χ1) is 10.6. The van der Waals surface area contributed by atoms with Gasteiger partial charge in [-0.25, -0.2) is 4.79 Å². The molecule has 0 aromatic carbocycles. The van der Waals surface area contributed by atoms with Crippen LogP contribution < -0.4 is 10.6 Å². The Balaban J connectivity index is 1.56. The number of nitrogens with one attached hydrogen (secondary N) is 2. The van der Waals surface area contributed by atoms with Gasteiger partial charge in [0.2, 0.25) is 0 Å². The molecule has 0 bridgehead atoms. The highest BCUT2D eigenvalue weighted by molar-refractivity contribution is 5.73. The minimum atomic E-state index is -0.164. The van der Waals surface area contributed by atoms with Crippen molar-refractivity contribution >= 4 is 6.03 Å². The molecule has 0 atom stereocenters. The minimum Gasteiger partial charge on any atom is -0.466 e. The Bertz CT molecular complexity index is 462. The van der Waals surface area contributed by atoms with E-state index >= 15 is 0 Å². The lowest BCUT2D eigenvalue weighted by atomic mass is 10.1. The van der Waals surface area contributed by atoms with Crippen LogP contribution in [0, 0.1) is 13.8 Å². The molecule has 1 saturated carbocycles. The van der Waals surface area contributed by atoms with Gasteiger partial charge >= 0.3 is 6.03 Å². The standard InChI is InChI=1S/C17H28N2O3/c1-13-11-15(14(2)22-13)12-19-17(20)18-9-10-21-16-7-5-3-4-6-8-16/h11,16H,3-10,12H2,1-2H3,(H2,18,19,20). The molecule has 2 N–H and O–H groups in total. The number of aryl methyl sites for hydroxylation is 2.